The number of hydrogen-bond acceptors (Lipinski definition) is 19. The number of nitrogen functional groups attached to an aromatic ring is 1. The average molecular weight is 593 g/mol. The van der Waals surface area contributed by atoms with Crippen molar-refractivity contribution in [2.75, 3.05) is 34.2 Å². The zero-order valence-electron chi connectivity index (χ0n) is 19.4. The molecule has 0 saturated carbocycles. The van der Waals surface area contributed by atoms with Crippen LogP contribution in [0.2, 0.25) is 0 Å². The van der Waals surface area contributed by atoms with Gasteiger partial charge in [0.1, 0.15) is 30.5 Å². The Morgan fingerprint density at radius 1 is 1.00 bits per heavy atom. The predicted molar refractivity (Wildman–Crippen MR) is 115 cm³/mol. The summed E-state index contributed by atoms with van der Waals surface area (Å²) >= 11 is 0. The fourth-order valence-electron chi connectivity index (χ4n) is 3.46. The van der Waals surface area contributed by atoms with E-state index >= 15 is 0 Å². The minimum atomic E-state index is -4.78. The lowest BCUT2D eigenvalue weighted by Crippen LogP contribution is -2.35. The van der Waals surface area contributed by atoms with Crippen molar-refractivity contribution in [1.82, 2.24) is 19.5 Å². The molecule has 7 atom stereocenters. The monoisotopic (exact) mass is 593 g/mol. The topological polar surface area (TPSA) is 238 Å². The van der Waals surface area contributed by atoms with Crippen LogP contribution in [0.5, 0.6) is 0 Å². The van der Waals surface area contributed by atoms with Crippen LogP contribution in [0.1, 0.15) is 18.2 Å². The molecule has 1 fully saturated rings. The summed E-state index contributed by atoms with van der Waals surface area (Å²) in [7, 11) is -5.89. The van der Waals surface area contributed by atoms with Crippen LogP contribution in [0.4, 0.5) is 5.82 Å². The number of ether oxygens (including phenoxy) is 1. The minimum absolute atomic E-state index is 0.0410. The first-order valence-electron chi connectivity index (χ1n) is 9.88. The van der Waals surface area contributed by atoms with E-state index in [4.69, 9.17) is 28.3 Å². The van der Waals surface area contributed by atoms with E-state index in [-0.39, 0.29) is 22.8 Å². The molecule has 4 heterocycles. The van der Waals surface area contributed by atoms with Gasteiger partial charge in [0.25, 0.3) is 0 Å². The van der Waals surface area contributed by atoms with Crippen LogP contribution in [-0.2, 0) is 60.7 Å². The molecule has 2 aliphatic rings. The Labute approximate surface area is 210 Å². The van der Waals surface area contributed by atoms with Crippen molar-refractivity contribution in [1.29, 1.82) is 0 Å². The Bertz CT molecular complexity index is 1110. The number of anilines is 1. The molecule has 4 rings (SSSR count). The van der Waals surface area contributed by atoms with E-state index in [9.17, 15) is 14.8 Å². The first-order chi connectivity index (χ1) is 17.8. The highest BCUT2D eigenvalue weighted by atomic mass is 31.3. The van der Waals surface area contributed by atoms with Crippen LogP contribution >= 0.6 is 25.0 Å². The van der Waals surface area contributed by atoms with Crippen LogP contribution in [0, 0.1) is 0 Å². The van der Waals surface area contributed by atoms with Gasteiger partial charge in [-0.2, -0.15) is 14.0 Å². The van der Waals surface area contributed by atoms with Crippen molar-refractivity contribution in [3.63, 3.8) is 0 Å². The number of aromatic nitrogens is 4. The van der Waals surface area contributed by atoms with Gasteiger partial charge in [-0.25, -0.2) is 47.7 Å². The van der Waals surface area contributed by atoms with Crippen molar-refractivity contribution in [3.8, 4) is 0 Å². The van der Waals surface area contributed by atoms with Crippen LogP contribution in [-0.4, -0.2) is 76.5 Å². The Hall–Kier alpha value is -1.12. The fourth-order valence-corrected chi connectivity index (χ4v) is 6.86. The summed E-state index contributed by atoms with van der Waals surface area (Å²) in [4.78, 5) is 30.4. The molecule has 208 valence electrons. The predicted octanol–water partition coefficient (Wildman–Crippen LogP) is 1.01. The smallest absolute Gasteiger partial charge is 0.387 e. The number of phosphoric acid groups is 1. The largest absolute Gasteiger partial charge is 0.515 e. The number of fused-ring (bicyclic) bond motifs is 6. The van der Waals surface area contributed by atoms with Crippen LogP contribution in [0.25, 0.3) is 11.2 Å². The van der Waals surface area contributed by atoms with Crippen molar-refractivity contribution in [2.24, 2.45) is 0 Å². The number of hydrogen-bond donors (Lipinski definition) is 3. The van der Waals surface area contributed by atoms with Crippen molar-refractivity contribution in [3.05, 3.63) is 12.2 Å². The third-order valence-electron chi connectivity index (χ3n) is 4.72. The van der Waals surface area contributed by atoms with Gasteiger partial charge in [-0.1, -0.05) is 0 Å². The Morgan fingerprint density at radius 2 is 1.65 bits per heavy atom. The lowest BCUT2D eigenvalue weighted by molar-refractivity contribution is -0.245. The zero-order chi connectivity index (χ0) is 26.7. The third-order valence-corrected chi connectivity index (χ3v) is 8.93. The summed E-state index contributed by atoms with van der Waals surface area (Å²) in [5.41, 5.74) is 6.30. The number of imidazole rings is 1. The van der Waals surface area contributed by atoms with E-state index in [1.807, 2.05) is 0 Å². The quantitative estimate of drug-likeness (QED) is 0.157. The van der Waals surface area contributed by atoms with Gasteiger partial charge in [-0.3, -0.25) is 9.09 Å². The maximum absolute atomic E-state index is 13.2. The summed E-state index contributed by atoms with van der Waals surface area (Å²) < 4.78 is 55.4. The summed E-state index contributed by atoms with van der Waals surface area (Å²) in [6, 6.07) is 0. The van der Waals surface area contributed by atoms with E-state index in [0.717, 1.165) is 28.4 Å². The van der Waals surface area contributed by atoms with Crippen molar-refractivity contribution >= 4 is 42.0 Å². The first kappa shape index (κ1) is 28.9. The van der Waals surface area contributed by atoms with Crippen LogP contribution < -0.4 is 5.73 Å². The molecular weight excluding hydrogens is 571 g/mol. The second-order valence-electron chi connectivity index (χ2n) is 6.79. The lowest BCUT2D eigenvalue weighted by atomic mass is 10.1. The van der Waals surface area contributed by atoms with E-state index in [1.165, 1.54) is 10.9 Å². The summed E-state index contributed by atoms with van der Waals surface area (Å²) in [6.07, 6.45) is -5.23. The minimum Gasteiger partial charge on any atom is -0.387 e. The molecule has 23 heteroatoms. The molecule has 0 amide bonds. The van der Waals surface area contributed by atoms with E-state index in [0.29, 0.717) is 0 Å². The molecule has 0 spiro atoms. The summed E-state index contributed by atoms with van der Waals surface area (Å²) in [5.74, 6) is 0.144. The van der Waals surface area contributed by atoms with E-state index < -0.39 is 55.7 Å². The molecule has 0 aliphatic carbocycles. The van der Waals surface area contributed by atoms with Gasteiger partial charge in [0.05, 0.1) is 28.4 Å². The lowest BCUT2D eigenvalue weighted by Gasteiger charge is -2.31. The molecule has 20 nitrogen and oxygen atoms in total. The fraction of sp³-hybridized carbons (Fsp3) is 0.643. The molecule has 2 aliphatic heterocycles. The molecule has 37 heavy (non-hydrogen) atoms. The maximum atomic E-state index is 13.2. The molecular formula is C14H22N5O15P3. The summed E-state index contributed by atoms with van der Waals surface area (Å²) in [5, 5.41) is 21.2. The number of aliphatic hydroxyl groups excluding tert-OH is 2. The molecule has 2 aromatic heterocycles. The maximum Gasteiger partial charge on any atom is 0.515 e. The van der Waals surface area contributed by atoms with Gasteiger partial charge in [-0.15, -0.1) is 4.67 Å². The second-order valence-corrected chi connectivity index (χ2v) is 10.7. The first-order valence-corrected chi connectivity index (χ1v) is 13.5. The Morgan fingerprint density at radius 3 is 2.30 bits per heavy atom. The number of aliphatic hydroxyl groups is 2. The van der Waals surface area contributed by atoms with Gasteiger partial charge in [0.15, 0.2) is 29.3 Å². The van der Waals surface area contributed by atoms with E-state index in [1.54, 1.807) is 0 Å². The van der Waals surface area contributed by atoms with Gasteiger partial charge in [0, 0.05) is 0 Å². The highest BCUT2D eigenvalue weighted by Gasteiger charge is 2.56. The van der Waals surface area contributed by atoms with Crippen LogP contribution in [0.15, 0.2) is 6.33 Å². The van der Waals surface area contributed by atoms with Gasteiger partial charge >= 0.3 is 25.0 Å². The van der Waals surface area contributed by atoms with Crippen molar-refractivity contribution in [2.45, 2.75) is 30.6 Å². The number of nitrogens with two attached hydrogens (primary N) is 1. The Kier molecular flexibility index (Phi) is 9.66. The normalized spacial score (nSPS) is 27.5. The number of nitrogens with zero attached hydrogens (tertiary/aromatic N) is 4. The number of rotatable bonds is 14. The molecule has 0 radical (unpaired) electrons. The van der Waals surface area contributed by atoms with Crippen LogP contribution in [0.3, 0.4) is 0 Å². The van der Waals surface area contributed by atoms with E-state index in [2.05, 4.69) is 48.5 Å². The third kappa shape index (κ3) is 5.91. The highest BCUT2D eigenvalue weighted by Crippen LogP contribution is 2.69. The van der Waals surface area contributed by atoms with Crippen molar-refractivity contribution < 1.29 is 70.9 Å². The molecule has 2 bridgehead atoms. The molecule has 1 saturated heterocycles. The molecule has 2 aromatic rings. The molecule has 7 unspecified atom stereocenters. The van der Waals surface area contributed by atoms with Gasteiger partial charge in [0.2, 0.25) is 0 Å². The summed E-state index contributed by atoms with van der Waals surface area (Å²) in [6.45, 7) is 0. The molecule has 0 aromatic carbocycles. The highest BCUT2D eigenvalue weighted by molar-refractivity contribution is 7.64. The van der Waals surface area contributed by atoms with Gasteiger partial charge in [-0.05, 0) is 0 Å². The van der Waals surface area contributed by atoms with Gasteiger partial charge < -0.3 is 20.7 Å². The molecule has 4 N–H and O–H groups in total. The second kappa shape index (κ2) is 12.4. The zero-order valence-corrected chi connectivity index (χ0v) is 22.1. The average Bonchev–Trinajstić information content (AvgIpc) is 3.35. The Balaban J connectivity index is 1.65. The standard InChI is InChI=1S/C14H22N5O15P3/c1-23-29-35(33-37(22,32-26-4)34-36(30-24-2)31-25-3)28-10-9-7(20)8(21)14(27-9)19-12-6(18-13(10)19)11(15)16-5-17-12/h5,7-10,14,20-21H,1-4H3,(H2,15,16,17). The SMILES string of the molecule is COOP(OOC)OP(=O)(OOC)OP(OOC)OC1c2nc3c(N)ncnc3n2C2OC1C(O)C2O.